The summed E-state index contributed by atoms with van der Waals surface area (Å²) in [6, 6.07) is 6.84. The van der Waals surface area contributed by atoms with Gasteiger partial charge in [-0.25, -0.2) is 5.43 Å². The number of aliphatic hydroxyl groups excluding tert-OH is 1. The van der Waals surface area contributed by atoms with E-state index in [0.717, 1.165) is 4.47 Å². The number of pyridine rings is 1. The Kier molecular flexibility index (Phi) is 5.46. The summed E-state index contributed by atoms with van der Waals surface area (Å²) < 4.78 is 0.874. The van der Waals surface area contributed by atoms with E-state index in [9.17, 15) is 15.0 Å². The number of carbonyl (C=O) groups is 1. The van der Waals surface area contributed by atoms with Crippen LogP contribution in [0.5, 0.6) is 5.75 Å². The van der Waals surface area contributed by atoms with Gasteiger partial charge in [-0.05, 0) is 38.1 Å². The van der Waals surface area contributed by atoms with Crippen molar-refractivity contribution in [2.24, 2.45) is 5.10 Å². The van der Waals surface area contributed by atoms with Crippen molar-refractivity contribution in [1.82, 2.24) is 10.4 Å². The molecular formula is C16H16BrN3O3. The van der Waals surface area contributed by atoms with E-state index in [1.807, 2.05) is 0 Å². The summed E-state index contributed by atoms with van der Waals surface area (Å²) in [5.74, 6) is -0.427. The normalized spacial score (nSPS) is 11.4. The fourth-order valence-corrected chi connectivity index (χ4v) is 2.28. The molecule has 0 spiro atoms. The molecule has 0 atom stereocenters. The average Bonchev–Trinajstić information content (AvgIpc) is 2.55. The van der Waals surface area contributed by atoms with E-state index in [1.165, 1.54) is 6.20 Å². The standard InChI is InChI=1S/C16H16BrN3O3/c1-9(14-12(8-21)7-18-10(2)15(14)22)19-20-16(23)11-3-5-13(17)6-4-11/h3-7,21-22H,8H2,1-2H3,(H,20,23)/b19-9+. The molecule has 0 aliphatic rings. The molecule has 120 valence electrons. The minimum atomic E-state index is -0.368. The lowest BCUT2D eigenvalue weighted by Gasteiger charge is -2.11. The van der Waals surface area contributed by atoms with Crippen molar-refractivity contribution in [1.29, 1.82) is 0 Å². The molecular weight excluding hydrogens is 362 g/mol. The fraction of sp³-hybridized carbons (Fsp3) is 0.188. The van der Waals surface area contributed by atoms with Gasteiger partial charge in [0, 0.05) is 27.4 Å². The van der Waals surface area contributed by atoms with Crippen LogP contribution in [0, 0.1) is 6.92 Å². The van der Waals surface area contributed by atoms with E-state index in [-0.39, 0.29) is 18.3 Å². The zero-order valence-corrected chi connectivity index (χ0v) is 14.3. The maximum atomic E-state index is 12.0. The monoisotopic (exact) mass is 377 g/mol. The number of nitrogens with zero attached hydrogens (tertiary/aromatic N) is 2. The van der Waals surface area contributed by atoms with Gasteiger partial charge in [0.05, 0.1) is 18.0 Å². The summed E-state index contributed by atoms with van der Waals surface area (Å²) in [5, 5.41) is 23.5. The van der Waals surface area contributed by atoms with Crippen molar-refractivity contribution >= 4 is 27.5 Å². The Morgan fingerprint density at radius 3 is 2.61 bits per heavy atom. The zero-order chi connectivity index (χ0) is 17.0. The number of hydrazone groups is 1. The van der Waals surface area contributed by atoms with Crippen LogP contribution in [0.3, 0.4) is 0 Å². The molecule has 7 heteroatoms. The van der Waals surface area contributed by atoms with E-state index in [1.54, 1.807) is 38.1 Å². The van der Waals surface area contributed by atoms with Gasteiger partial charge in [-0.3, -0.25) is 9.78 Å². The van der Waals surface area contributed by atoms with Gasteiger partial charge >= 0.3 is 0 Å². The van der Waals surface area contributed by atoms with Gasteiger partial charge < -0.3 is 10.2 Å². The van der Waals surface area contributed by atoms with Gasteiger partial charge in [0.2, 0.25) is 0 Å². The lowest BCUT2D eigenvalue weighted by molar-refractivity contribution is 0.0955. The van der Waals surface area contributed by atoms with Crippen molar-refractivity contribution in [3.05, 3.63) is 57.3 Å². The molecule has 6 nitrogen and oxygen atoms in total. The van der Waals surface area contributed by atoms with Crippen LogP contribution in [0.15, 0.2) is 40.0 Å². The third-order valence-corrected chi connectivity index (χ3v) is 3.81. The van der Waals surface area contributed by atoms with Crippen molar-refractivity contribution in [3.8, 4) is 5.75 Å². The van der Waals surface area contributed by atoms with Crippen LogP contribution in [0.4, 0.5) is 0 Å². The Morgan fingerprint density at radius 2 is 2.00 bits per heavy atom. The molecule has 0 bridgehead atoms. The molecule has 0 saturated carbocycles. The molecule has 2 aromatic rings. The van der Waals surface area contributed by atoms with E-state index in [0.29, 0.717) is 28.1 Å². The Balaban J connectivity index is 2.25. The number of aromatic nitrogens is 1. The quantitative estimate of drug-likeness (QED) is 0.563. The van der Waals surface area contributed by atoms with E-state index in [4.69, 9.17) is 0 Å². The van der Waals surface area contributed by atoms with E-state index >= 15 is 0 Å². The summed E-state index contributed by atoms with van der Waals surface area (Å²) in [6.07, 6.45) is 1.47. The molecule has 0 aliphatic heterocycles. The van der Waals surface area contributed by atoms with Gasteiger partial charge in [-0.2, -0.15) is 5.10 Å². The average molecular weight is 378 g/mol. The van der Waals surface area contributed by atoms with Crippen LogP contribution in [-0.2, 0) is 6.61 Å². The third kappa shape index (κ3) is 3.94. The van der Waals surface area contributed by atoms with Crippen LogP contribution in [0.25, 0.3) is 0 Å². The first-order valence-corrected chi connectivity index (χ1v) is 7.62. The largest absolute Gasteiger partial charge is 0.505 e. The highest BCUT2D eigenvalue weighted by atomic mass is 79.9. The van der Waals surface area contributed by atoms with Gasteiger partial charge in [-0.1, -0.05) is 15.9 Å². The summed E-state index contributed by atoms with van der Waals surface area (Å²) in [6.45, 7) is 2.99. The Morgan fingerprint density at radius 1 is 1.35 bits per heavy atom. The minimum absolute atomic E-state index is 0.0595. The number of aromatic hydroxyl groups is 1. The fourth-order valence-electron chi connectivity index (χ4n) is 2.01. The highest BCUT2D eigenvalue weighted by molar-refractivity contribution is 9.10. The summed E-state index contributed by atoms with van der Waals surface area (Å²) >= 11 is 3.30. The SMILES string of the molecule is C/C(=N\NC(=O)c1ccc(Br)cc1)c1c(CO)cnc(C)c1O. The first kappa shape index (κ1) is 17.1. The van der Waals surface area contributed by atoms with Crippen molar-refractivity contribution in [2.75, 3.05) is 0 Å². The topological polar surface area (TPSA) is 94.8 Å². The Hall–Kier alpha value is -2.25. The highest BCUT2D eigenvalue weighted by Gasteiger charge is 2.14. The molecule has 2 rings (SSSR count). The minimum Gasteiger partial charge on any atom is -0.505 e. The molecule has 3 N–H and O–H groups in total. The van der Waals surface area contributed by atoms with E-state index < -0.39 is 0 Å². The lowest BCUT2D eigenvalue weighted by Crippen LogP contribution is -2.19. The van der Waals surface area contributed by atoms with Gasteiger partial charge in [0.25, 0.3) is 5.91 Å². The maximum absolute atomic E-state index is 12.0. The molecule has 1 heterocycles. The summed E-state index contributed by atoms with van der Waals surface area (Å²) in [7, 11) is 0. The number of amides is 1. The van der Waals surface area contributed by atoms with Crippen LogP contribution in [0.1, 0.15) is 34.1 Å². The van der Waals surface area contributed by atoms with Crippen LogP contribution >= 0.6 is 15.9 Å². The molecule has 1 aromatic heterocycles. The number of hydrogen-bond acceptors (Lipinski definition) is 5. The predicted octanol–water partition coefficient (Wildman–Crippen LogP) is 2.50. The summed E-state index contributed by atoms with van der Waals surface area (Å²) in [4.78, 5) is 16.0. The molecule has 0 saturated heterocycles. The third-order valence-electron chi connectivity index (χ3n) is 3.28. The van der Waals surface area contributed by atoms with Gasteiger partial charge in [0.1, 0.15) is 5.75 Å². The first-order chi connectivity index (χ1) is 10.9. The van der Waals surface area contributed by atoms with E-state index in [2.05, 4.69) is 31.4 Å². The zero-order valence-electron chi connectivity index (χ0n) is 12.7. The number of aryl methyl sites for hydroxylation is 1. The highest BCUT2D eigenvalue weighted by Crippen LogP contribution is 2.24. The number of rotatable bonds is 4. The second-order valence-corrected chi connectivity index (χ2v) is 5.81. The number of hydrogen-bond donors (Lipinski definition) is 3. The molecule has 0 aliphatic carbocycles. The molecule has 0 radical (unpaired) electrons. The number of halogens is 1. The number of nitrogens with one attached hydrogen (secondary N) is 1. The number of benzene rings is 1. The van der Waals surface area contributed by atoms with Gasteiger partial charge in [-0.15, -0.1) is 0 Å². The smallest absolute Gasteiger partial charge is 0.271 e. The van der Waals surface area contributed by atoms with Crippen LogP contribution in [0.2, 0.25) is 0 Å². The van der Waals surface area contributed by atoms with Crippen LogP contribution < -0.4 is 5.43 Å². The predicted molar refractivity (Wildman–Crippen MR) is 90.4 cm³/mol. The van der Waals surface area contributed by atoms with Crippen molar-refractivity contribution in [2.45, 2.75) is 20.5 Å². The van der Waals surface area contributed by atoms with Crippen molar-refractivity contribution in [3.63, 3.8) is 0 Å². The summed E-state index contributed by atoms with van der Waals surface area (Å²) in [5.41, 5.74) is 4.50. The van der Waals surface area contributed by atoms with Gasteiger partial charge in [0.15, 0.2) is 0 Å². The Labute approximate surface area is 142 Å². The number of carbonyl (C=O) groups excluding carboxylic acids is 1. The van der Waals surface area contributed by atoms with Crippen LogP contribution in [-0.4, -0.2) is 26.8 Å². The molecule has 1 aromatic carbocycles. The molecule has 0 fully saturated rings. The van der Waals surface area contributed by atoms with Crippen molar-refractivity contribution < 1.29 is 15.0 Å². The second kappa shape index (κ2) is 7.34. The Bertz CT molecular complexity index is 758. The number of aliphatic hydroxyl groups is 1. The molecule has 23 heavy (non-hydrogen) atoms. The second-order valence-electron chi connectivity index (χ2n) is 4.90. The first-order valence-electron chi connectivity index (χ1n) is 6.83. The maximum Gasteiger partial charge on any atom is 0.271 e. The lowest BCUT2D eigenvalue weighted by atomic mass is 10.0. The molecule has 1 amide bonds. The molecule has 0 unspecified atom stereocenters.